The zero-order valence-electron chi connectivity index (χ0n) is 18.9. The van der Waals surface area contributed by atoms with E-state index in [1.807, 2.05) is 30.3 Å². The first kappa shape index (κ1) is 26.1. The zero-order valence-corrected chi connectivity index (χ0v) is 20.5. The van der Waals surface area contributed by atoms with E-state index in [1.54, 1.807) is 30.3 Å². The number of halogens is 5. The Hall–Kier alpha value is -3.99. The Balaban J connectivity index is 1.69. The number of carbonyl (C=O) groups excluding carboxylic acids is 1. The lowest BCUT2D eigenvalue weighted by Crippen LogP contribution is -2.14. The number of hydrogen-bond donors (Lipinski definition) is 1. The molecule has 4 rings (SSSR count). The van der Waals surface area contributed by atoms with Crippen molar-refractivity contribution in [2.24, 2.45) is 0 Å². The van der Waals surface area contributed by atoms with Crippen LogP contribution < -0.4 is 10.1 Å². The van der Waals surface area contributed by atoms with Crippen LogP contribution >= 0.6 is 23.2 Å². The van der Waals surface area contributed by atoms with Crippen molar-refractivity contribution < 1.29 is 22.7 Å². The highest BCUT2D eigenvalue weighted by Gasteiger charge is 2.30. The summed E-state index contributed by atoms with van der Waals surface area (Å²) in [5, 5.41) is 14.5. The summed E-state index contributed by atoms with van der Waals surface area (Å²) in [5.41, 5.74) is -0.190. The van der Waals surface area contributed by atoms with Crippen LogP contribution in [0.1, 0.15) is 16.7 Å². The van der Waals surface area contributed by atoms with Crippen LogP contribution in [-0.4, -0.2) is 5.91 Å². The maximum Gasteiger partial charge on any atom is 0.416 e. The Morgan fingerprint density at radius 3 is 2.51 bits per heavy atom. The molecule has 0 aliphatic heterocycles. The number of alkyl halides is 3. The summed E-state index contributed by atoms with van der Waals surface area (Å²) in [5.74, 6) is -0.481. The van der Waals surface area contributed by atoms with E-state index in [1.165, 1.54) is 18.2 Å². The molecule has 0 aliphatic rings. The van der Waals surface area contributed by atoms with E-state index >= 15 is 0 Å². The Labute approximate surface area is 220 Å². The van der Waals surface area contributed by atoms with E-state index in [0.717, 1.165) is 17.5 Å². The number of benzene rings is 4. The first-order valence-corrected chi connectivity index (χ1v) is 11.6. The first-order valence-electron chi connectivity index (χ1n) is 10.8. The number of fused-ring (bicyclic) bond motifs is 1. The second-order valence-corrected chi connectivity index (χ2v) is 8.77. The summed E-state index contributed by atoms with van der Waals surface area (Å²) in [6, 6.07) is 21.9. The molecule has 0 aliphatic carbocycles. The van der Waals surface area contributed by atoms with Gasteiger partial charge in [-0.2, -0.15) is 18.4 Å². The van der Waals surface area contributed by atoms with Crippen LogP contribution in [0, 0.1) is 11.3 Å². The fourth-order valence-electron chi connectivity index (χ4n) is 3.61. The highest BCUT2D eigenvalue weighted by atomic mass is 35.5. The highest BCUT2D eigenvalue weighted by Crippen LogP contribution is 2.33. The molecule has 37 heavy (non-hydrogen) atoms. The molecule has 9 heteroatoms. The Morgan fingerprint density at radius 2 is 1.78 bits per heavy atom. The quantitative estimate of drug-likeness (QED) is 0.197. The Bertz CT molecular complexity index is 1560. The molecule has 1 amide bonds. The maximum absolute atomic E-state index is 13.0. The molecule has 0 saturated carbocycles. The van der Waals surface area contributed by atoms with Crippen molar-refractivity contribution >= 4 is 51.6 Å². The number of nitrogens with zero attached hydrogens (tertiary/aromatic N) is 1. The van der Waals surface area contributed by atoms with Gasteiger partial charge in [-0.15, -0.1) is 0 Å². The molecule has 0 fully saturated rings. The Morgan fingerprint density at radius 1 is 1.00 bits per heavy atom. The monoisotopic (exact) mass is 540 g/mol. The van der Waals surface area contributed by atoms with Gasteiger partial charge < -0.3 is 10.1 Å². The van der Waals surface area contributed by atoms with Crippen molar-refractivity contribution in [3.63, 3.8) is 0 Å². The van der Waals surface area contributed by atoms with Gasteiger partial charge in [0.15, 0.2) is 0 Å². The highest BCUT2D eigenvalue weighted by molar-refractivity contribution is 6.35. The van der Waals surface area contributed by atoms with E-state index in [2.05, 4.69) is 5.32 Å². The van der Waals surface area contributed by atoms with Crippen molar-refractivity contribution in [2.45, 2.75) is 12.8 Å². The standard InChI is InChI=1S/C28H17Cl2F3N2O2/c29-21-10-8-18(25(30)14-21)16-37-26-11-9-17-4-1-2-7-23(17)24(26)12-19(15-34)27(36)35-22-6-3-5-20(13-22)28(31,32)33/h1-14H,16H2,(H,35,36)/b19-12+. The second-order valence-electron chi connectivity index (χ2n) is 7.93. The van der Waals surface area contributed by atoms with Crippen molar-refractivity contribution in [1.82, 2.24) is 0 Å². The lowest BCUT2D eigenvalue weighted by atomic mass is 10.0. The predicted molar refractivity (Wildman–Crippen MR) is 138 cm³/mol. The topological polar surface area (TPSA) is 62.1 Å². The average molecular weight is 541 g/mol. The summed E-state index contributed by atoms with van der Waals surface area (Å²) < 4.78 is 45.1. The number of carbonyl (C=O) groups is 1. The molecule has 4 nitrogen and oxygen atoms in total. The maximum atomic E-state index is 13.0. The molecule has 0 unspecified atom stereocenters. The average Bonchev–Trinajstić information content (AvgIpc) is 2.86. The molecule has 0 aromatic heterocycles. The fraction of sp³-hybridized carbons (Fsp3) is 0.0714. The third kappa shape index (κ3) is 6.23. The first-order chi connectivity index (χ1) is 17.7. The second kappa shape index (κ2) is 11.0. The van der Waals surface area contributed by atoms with Crippen molar-refractivity contribution in [2.75, 3.05) is 5.32 Å². The van der Waals surface area contributed by atoms with Crippen LogP contribution in [0.5, 0.6) is 5.75 Å². The van der Waals surface area contributed by atoms with Gasteiger partial charge in [-0.1, -0.05) is 65.7 Å². The van der Waals surface area contributed by atoms with E-state index in [9.17, 15) is 23.2 Å². The van der Waals surface area contributed by atoms with Crippen LogP contribution in [0.15, 0.2) is 84.4 Å². The van der Waals surface area contributed by atoms with Gasteiger partial charge in [-0.3, -0.25) is 4.79 Å². The number of nitrogens with one attached hydrogen (secondary N) is 1. The number of amides is 1. The van der Waals surface area contributed by atoms with E-state index < -0.39 is 17.6 Å². The normalized spacial score (nSPS) is 11.7. The molecule has 1 N–H and O–H groups in total. The van der Waals surface area contributed by atoms with Crippen molar-refractivity contribution in [1.29, 1.82) is 5.26 Å². The van der Waals surface area contributed by atoms with Crippen LogP contribution in [0.25, 0.3) is 16.8 Å². The molecule has 0 radical (unpaired) electrons. The smallest absolute Gasteiger partial charge is 0.416 e. The minimum atomic E-state index is -4.57. The van der Waals surface area contributed by atoms with Gasteiger partial charge in [0.25, 0.3) is 5.91 Å². The zero-order chi connectivity index (χ0) is 26.6. The molecule has 0 heterocycles. The van der Waals surface area contributed by atoms with Crippen LogP contribution in [0.4, 0.5) is 18.9 Å². The summed E-state index contributed by atoms with van der Waals surface area (Å²) >= 11 is 12.2. The molecule has 186 valence electrons. The number of nitriles is 1. The van der Waals surface area contributed by atoms with Gasteiger partial charge in [-0.25, -0.2) is 0 Å². The van der Waals surface area contributed by atoms with Crippen LogP contribution in [0.2, 0.25) is 10.0 Å². The van der Waals surface area contributed by atoms with Gasteiger partial charge >= 0.3 is 6.18 Å². The number of hydrogen-bond acceptors (Lipinski definition) is 3. The molecule has 0 saturated heterocycles. The summed E-state index contributed by atoms with van der Waals surface area (Å²) in [4.78, 5) is 12.9. The van der Waals surface area contributed by atoms with Crippen molar-refractivity contribution in [3.8, 4) is 11.8 Å². The minimum absolute atomic E-state index is 0.0900. The summed E-state index contributed by atoms with van der Waals surface area (Å²) in [6.07, 6.45) is -3.22. The largest absolute Gasteiger partial charge is 0.488 e. The van der Waals surface area contributed by atoms with E-state index in [0.29, 0.717) is 32.3 Å². The summed E-state index contributed by atoms with van der Waals surface area (Å²) in [7, 11) is 0. The lowest BCUT2D eigenvalue weighted by Gasteiger charge is -2.14. The molecular formula is C28H17Cl2F3N2O2. The molecule has 0 spiro atoms. The SMILES string of the molecule is N#C/C(=C\c1c(OCc2ccc(Cl)cc2Cl)ccc2ccccc12)C(=O)Nc1cccc(C(F)(F)F)c1. The minimum Gasteiger partial charge on any atom is -0.488 e. The molecule has 4 aromatic rings. The third-order valence-electron chi connectivity index (χ3n) is 5.43. The molecular weight excluding hydrogens is 524 g/mol. The van der Waals surface area contributed by atoms with Gasteiger partial charge in [0.2, 0.25) is 0 Å². The number of rotatable bonds is 6. The summed E-state index contributed by atoms with van der Waals surface area (Å²) in [6.45, 7) is 0.0908. The molecule has 0 bridgehead atoms. The van der Waals surface area contributed by atoms with E-state index in [-0.39, 0.29) is 17.9 Å². The van der Waals surface area contributed by atoms with Gasteiger partial charge in [0.1, 0.15) is 24.0 Å². The van der Waals surface area contributed by atoms with Gasteiger partial charge in [-0.05, 0) is 53.2 Å². The fourth-order valence-corrected chi connectivity index (χ4v) is 4.07. The number of anilines is 1. The molecule has 0 atom stereocenters. The predicted octanol–water partition coefficient (Wildman–Crippen LogP) is 8.29. The van der Waals surface area contributed by atoms with Crippen molar-refractivity contribution in [3.05, 3.63) is 111 Å². The van der Waals surface area contributed by atoms with Crippen LogP contribution in [-0.2, 0) is 17.6 Å². The van der Waals surface area contributed by atoms with Gasteiger partial charge in [0.05, 0.1) is 5.56 Å². The van der Waals surface area contributed by atoms with Gasteiger partial charge in [0, 0.05) is 26.9 Å². The third-order valence-corrected chi connectivity index (χ3v) is 6.02. The lowest BCUT2D eigenvalue weighted by molar-refractivity contribution is -0.137. The molecule has 4 aromatic carbocycles. The van der Waals surface area contributed by atoms with Crippen LogP contribution in [0.3, 0.4) is 0 Å². The number of ether oxygens (including phenoxy) is 1. The Kier molecular flexibility index (Phi) is 7.72. The van der Waals surface area contributed by atoms with E-state index in [4.69, 9.17) is 27.9 Å².